The van der Waals surface area contributed by atoms with Crippen molar-refractivity contribution in [3.8, 4) is 0 Å². The molecule has 2 aromatic carbocycles. The van der Waals surface area contributed by atoms with Gasteiger partial charge in [0.25, 0.3) is 0 Å². The first kappa shape index (κ1) is 22.1. The van der Waals surface area contributed by atoms with Crippen molar-refractivity contribution in [2.75, 3.05) is 32.9 Å². The van der Waals surface area contributed by atoms with Crippen LogP contribution in [0.4, 0.5) is 0 Å². The summed E-state index contributed by atoms with van der Waals surface area (Å²) in [4.78, 5) is 24.7. The van der Waals surface area contributed by atoms with Gasteiger partial charge in [0.15, 0.2) is 12.4 Å². The molecule has 2 aromatic rings. The molecule has 1 fully saturated rings. The van der Waals surface area contributed by atoms with E-state index in [4.69, 9.17) is 9.47 Å². The smallest absolute Gasteiger partial charge is 0.338 e. The van der Waals surface area contributed by atoms with Crippen LogP contribution in [0.25, 0.3) is 0 Å². The number of rotatable bonds is 7. The summed E-state index contributed by atoms with van der Waals surface area (Å²) in [6, 6.07) is 12.8. The van der Waals surface area contributed by atoms with Crippen molar-refractivity contribution in [2.45, 2.75) is 24.7 Å². The van der Waals surface area contributed by atoms with Crippen molar-refractivity contribution < 1.29 is 27.5 Å². The maximum absolute atomic E-state index is 12.8. The average molecular weight is 432 g/mol. The summed E-state index contributed by atoms with van der Waals surface area (Å²) in [6.07, 6.45) is 0. The molecule has 1 heterocycles. The number of benzene rings is 2. The molecule has 0 amide bonds. The first-order valence-electron chi connectivity index (χ1n) is 9.77. The van der Waals surface area contributed by atoms with Crippen LogP contribution in [-0.2, 0) is 19.5 Å². The number of nitrogens with zero attached hydrogens (tertiary/aromatic N) is 1. The van der Waals surface area contributed by atoms with Gasteiger partial charge in [0, 0.05) is 18.7 Å². The highest BCUT2D eigenvalue weighted by Crippen LogP contribution is 2.19. The highest BCUT2D eigenvalue weighted by molar-refractivity contribution is 7.89. The van der Waals surface area contributed by atoms with Crippen molar-refractivity contribution in [3.05, 3.63) is 65.2 Å². The van der Waals surface area contributed by atoms with E-state index in [0.29, 0.717) is 24.7 Å². The van der Waals surface area contributed by atoms with E-state index in [1.807, 2.05) is 12.1 Å². The number of ketones is 1. The monoisotopic (exact) mass is 431 g/mol. The number of hydrogen-bond donors (Lipinski definition) is 0. The molecule has 0 aliphatic carbocycles. The minimum absolute atomic E-state index is 0.00875. The van der Waals surface area contributed by atoms with Gasteiger partial charge in [0.1, 0.15) is 0 Å². The summed E-state index contributed by atoms with van der Waals surface area (Å²) in [7, 11) is -3.72. The Balaban J connectivity index is 1.65. The maximum Gasteiger partial charge on any atom is 0.338 e. The van der Waals surface area contributed by atoms with E-state index in [1.165, 1.54) is 28.6 Å². The molecule has 0 radical (unpaired) electrons. The van der Waals surface area contributed by atoms with Crippen LogP contribution in [0.5, 0.6) is 0 Å². The zero-order valence-electron chi connectivity index (χ0n) is 17.0. The molecule has 3 rings (SSSR count). The molecule has 7 nitrogen and oxygen atoms in total. The van der Waals surface area contributed by atoms with Crippen LogP contribution >= 0.6 is 0 Å². The minimum Gasteiger partial charge on any atom is -0.454 e. The lowest BCUT2D eigenvalue weighted by Crippen LogP contribution is -2.40. The molecular formula is C22H25NO6S. The van der Waals surface area contributed by atoms with Crippen LogP contribution in [-0.4, -0.2) is 57.4 Å². The molecule has 1 saturated heterocycles. The fourth-order valence-corrected chi connectivity index (χ4v) is 4.53. The lowest BCUT2D eigenvalue weighted by Gasteiger charge is -2.26. The number of carbonyl (C=O) groups excluding carboxylic acids is 2. The second-order valence-corrected chi connectivity index (χ2v) is 9.26. The lowest BCUT2D eigenvalue weighted by atomic mass is 10.0. The van der Waals surface area contributed by atoms with Crippen LogP contribution in [0, 0.1) is 0 Å². The Hall–Kier alpha value is -2.55. The Labute approximate surface area is 176 Å². The number of Topliss-reactive ketones (excluding diaryl/α,β-unsaturated/α-hetero) is 1. The third-order valence-corrected chi connectivity index (χ3v) is 6.81. The van der Waals surface area contributed by atoms with E-state index >= 15 is 0 Å². The van der Waals surface area contributed by atoms with Gasteiger partial charge < -0.3 is 9.47 Å². The van der Waals surface area contributed by atoms with Crippen LogP contribution in [0.3, 0.4) is 0 Å². The second kappa shape index (κ2) is 9.51. The summed E-state index contributed by atoms with van der Waals surface area (Å²) >= 11 is 0. The third-order valence-electron chi connectivity index (χ3n) is 4.91. The molecule has 0 atom stereocenters. The highest BCUT2D eigenvalue weighted by Gasteiger charge is 2.27. The molecule has 1 aliphatic rings. The third kappa shape index (κ3) is 5.13. The summed E-state index contributed by atoms with van der Waals surface area (Å²) in [5.41, 5.74) is 1.64. The Morgan fingerprint density at radius 1 is 1.03 bits per heavy atom. The van der Waals surface area contributed by atoms with Gasteiger partial charge in [-0.3, -0.25) is 4.79 Å². The number of hydrogen-bond acceptors (Lipinski definition) is 6. The Kier molecular flexibility index (Phi) is 7.02. The Morgan fingerprint density at radius 3 is 2.33 bits per heavy atom. The van der Waals surface area contributed by atoms with Crippen molar-refractivity contribution in [1.82, 2.24) is 4.31 Å². The zero-order valence-corrected chi connectivity index (χ0v) is 17.9. The predicted octanol–water partition coefficient (Wildman–Crippen LogP) is 2.87. The normalized spacial score (nSPS) is 15.2. The summed E-state index contributed by atoms with van der Waals surface area (Å²) in [5.74, 6) is -0.718. The highest BCUT2D eigenvalue weighted by atomic mass is 32.2. The standard InChI is InChI=1S/C22H25NO6S/c1-16(2)17-6-8-18(9-7-17)21(24)15-29-22(25)19-4-3-5-20(14-19)30(26,27)23-10-12-28-13-11-23/h3-9,14,16H,10-13,15H2,1-2H3. The number of sulfonamides is 1. The van der Waals surface area contributed by atoms with Gasteiger partial charge in [-0.1, -0.05) is 44.2 Å². The number of esters is 1. The van der Waals surface area contributed by atoms with Crippen molar-refractivity contribution in [3.63, 3.8) is 0 Å². The van der Waals surface area contributed by atoms with E-state index in [-0.39, 0.29) is 29.3 Å². The van der Waals surface area contributed by atoms with Crippen LogP contribution in [0.15, 0.2) is 53.4 Å². The Bertz CT molecular complexity index is 1010. The quantitative estimate of drug-likeness (QED) is 0.495. The largest absolute Gasteiger partial charge is 0.454 e. The van der Waals surface area contributed by atoms with Gasteiger partial charge in [-0.25, -0.2) is 13.2 Å². The van der Waals surface area contributed by atoms with Gasteiger partial charge in [0.05, 0.1) is 23.7 Å². The molecule has 8 heteroatoms. The first-order valence-corrected chi connectivity index (χ1v) is 11.2. The summed E-state index contributed by atoms with van der Waals surface area (Å²) < 4.78 is 37.1. The molecule has 0 saturated carbocycles. The molecule has 0 N–H and O–H groups in total. The van der Waals surface area contributed by atoms with Crippen LogP contribution < -0.4 is 0 Å². The summed E-state index contributed by atoms with van der Waals surface area (Å²) in [6.45, 7) is 4.91. The second-order valence-electron chi connectivity index (χ2n) is 7.32. The van der Waals surface area contributed by atoms with E-state index in [2.05, 4.69) is 13.8 Å². The zero-order chi connectivity index (χ0) is 21.7. The molecule has 1 aliphatic heterocycles. The van der Waals surface area contributed by atoms with Gasteiger partial charge in [-0.15, -0.1) is 0 Å². The maximum atomic E-state index is 12.8. The van der Waals surface area contributed by atoms with E-state index in [9.17, 15) is 18.0 Å². The van der Waals surface area contributed by atoms with E-state index in [0.717, 1.165) is 5.56 Å². The summed E-state index contributed by atoms with van der Waals surface area (Å²) in [5, 5.41) is 0. The Morgan fingerprint density at radius 2 is 1.70 bits per heavy atom. The molecule has 0 unspecified atom stereocenters. The lowest BCUT2D eigenvalue weighted by molar-refractivity contribution is 0.0474. The number of ether oxygens (including phenoxy) is 2. The van der Waals surface area contributed by atoms with Gasteiger partial charge >= 0.3 is 5.97 Å². The molecular weight excluding hydrogens is 406 g/mol. The molecule has 160 valence electrons. The average Bonchev–Trinajstić information content (AvgIpc) is 2.78. The van der Waals surface area contributed by atoms with Gasteiger partial charge in [-0.05, 0) is 29.7 Å². The predicted molar refractivity (Wildman–Crippen MR) is 111 cm³/mol. The minimum atomic E-state index is -3.72. The first-order chi connectivity index (χ1) is 14.3. The molecule has 0 aromatic heterocycles. The number of morpholine rings is 1. The van der Waals surface area contributed by atoms with Gasteiger partial charge in [-0.2, -0.15) is 4.31 Å². The van der Waals surface area contributed by atoms with Gasteiger partial charge in [0.2, 0.25) is 10.0 Å². The molecule has 0 bridgehead atoms. The van der Waals surface area contributed by atoms with Crippen molar-refractivity contribution in [2.24, 2.45) is 0 Å². The van der Waals surface area contributed by atoms with Crippen LogP contribution in [0.1, 0.15) is 46.0 Å². The van der Waals surface area contributed by atoms with Crippen LogP contribution in [0.2, 0.25) is 0 Å². The topological polar surface area (TPSA) is 90.0 Å². The van der Waals surface area contributed by atoms with Crippen molar-refractivity contribution >= 4 is 21.8 Å². The van der Waals surface area contributed by atoms with E-state index < -0.39 is 22.6 Å². The van der Waals surface area contributed by atoms with Crippen molar-refractivity contribution in [1.29, 1.82) is 0 Å². The number of carbonyl (C=O) groups is 2. The molecule has 0 spiro atoms. The fourth-order valence-electron chi connectivity index (χ4n) is 3.07. The SMILES string of the molecule is CC(C)c1ccc(C(=O)COC(=O)c2cccc(S(=O)(=O)N3CCOCC3)c2)cc1. The van der Waals surface area contributed by atoms with E-state index in [1.54, 1.807) is 12.1 Å². The molecule has 30 heavy (non-hydrogen) atoms. The fraction of sp³-hybridized carbons (Fsp3) is 0.364.